The summed E-state index contributed by atoms with van der Waals surface area (Å²) in [6.07, 6.45) is 4.97. The standard InChI is InChI=1S/C16H25NO3S/c1-4-14(12-8-10-13(20-2)11-9-12)17-15-6-5-7-16(15)21(3,18)19/h8-11,14-17H,4-7H2,1-3H3. The van der Waals surface area contributed by atoms with Crippen molar-refractivity contribution >= 4 is 9.84 Å². The second-order valence-corrected chi connectivity index (χ2v) is 8.07. The van der Waals surface area contributed by atoms with Gasteiger partial charge >= 0.3 is 0 Å². The first-order valence-corrected chi connectivity index (χ1v) is 9.50. The first kappa shape index (κ1) is 16.3. The molecule has 1 fully saturated rings. The molecule has 1 aromatic carbocycles. The Labute approximate surface area is 127 Å². The summed E-state index contributed by atoms with van der Waals surface area (Å²) >= 11 is 0. The minimum Gasteiger partial charge on any atom is -0.497 e. The molecule has 3 unspecified atom stereocenters. The molecule has 1 N–H and O–H groups in total. The van der Waals surface area contributed by atoms with Crippen molar-refractivity contribution in [2.24, 2.45) is 0 Å². The van der Waals surface area contributed by atoms with Gasteiger partial charge in [-0.2, -0.15) is 0 Å². The fraction of sp³-hybridized carbons (Fsp3) is 0.625. The van der Waals surface area contributed by atoms with E-state index in [1.807, 2.05) is 24.3 Å². The molecule has 0 spiro atoms. The van der Waals surface area contributed by atoms with E-state index in [0.29, 0.717) is 0 Å². The Kier molecular flexibility index (Phi) is 5.27. The Bertz CT molecular complexity index is 553. The maximum atomic E-state index is 11.9. The lowest BCUT2D eigenvalue weighted by Crippen LogP contribution is -2.41. The first-order chi connectivity index (χ1) is 9.95. The minimum absolute atomic E-state index is 0.0621. The highest BCUT2D eigenvalue weighted by atomic mass is 32.2. The van der Waals surface area contributed by atoms with Gasteiger partial charge in [-0.3, -0.25) is 0 Å². The second kappa shape index (κ2) is 6.79. The molecule has 4 nitrogen and oxygen atoms in total. The van der Waals surface area contributed by atoms with Gasteiger partial charge in [-0.25, -0.2) is 8.42 Å². The van der Waals surface area contributed by atoms with E-state index >= 15 is 0 Å². The van der Waals surface area contributed by atoms with E-state index in [-0.39, 0.29) is 17.3 Å². The van der Waals surface area contributed by atoms with Gasteiger partial charge in [0, 0.05) is 18.3 Å². The number of hydrogen-bond acceptors (Lipinski definition) is 4. The zero-order valence-electron chi connectivity index (χ0n) is 13.0. The molecule has 0 bridgehead atoms. The average molecular weight is 311 g/mol. The summed E-state index contributed by atoms with van der Waals surface area (Å²) in [5.41, 5.74) is 1.18. The zero-order valence-corrected chi connectivity index (χ0v) is 13.8. The van der Waals surface area contributed by atoms with Crippen LogP contribution in [0, 0.1) is 0 Å². The maximum Gasteiger partial charge on any atom is 0.151 e. The summed E-state index contributed by atoms with van der Waals surface area (Å²) in [6.45, 7) is 2.12. The lowest BCUT2D eigenvalue weighted by Gasteiger charge is -2.26. The number of sulfone groups is 1. The van der Waals surface area contributed by atoms with E-state index in [9.17, 15) is 8.42 Å². The number of methoxy groups -OCH3 is 1. The van der Waals surface area contributed by atoms with Crippen LogP contribution in [0.3, 0.4) is 0 Å². The van der Waals surface area contributed by atoms with Gasteiger partial charge in [-0.15, -0.1) is 0 Å². The molecule has 21 heavy (non-hydrogen) atoms. The summed E-state index contributed by atoms with van der Waals surface area (Å²) in [6, 6.07) is 8.23. The molecule has 3 atom stereocenters. The molecule has 5 heteroatoms. The van der Waals surface area contributed by atoms with Gasteiger partial charge in [0.15, 0.2) is 9.84 Å². The van der Waals surface area contributed by atoms with E-state index < -0.39 is 9.84 Å². The van der Waals surface area contributed by atoms with E-state index in [2.05, 4.69) is 12.2 Å². The molecule has 1 aromatic rings. The van der Waals surface area contributed by atoms with E-state index in [1.165, 1.54) is 11.8 Å². The summed E-state index contributed by atoms with van der Waals surface area (Å²) in [7, 11) is -1.33. The molecule has 0 heterocycles. The number of rotatable bonds is 6. The molecular weight excluding hydrogens is 286 g/mol. The van der Waals surface area contributed by atoms with Crippen molar-refractivity contribution in [3.63, 3.8) is 0 Å². The van der Waals surface area contributed by atoms with E-state index in [0.717, 1.165) is 31.4 Å². The van der Waals surface area contributed by atoms with Gasteiger partial charge in [0.2, 0.25) is 0 Å². The predicted octanol–water partition coefficient (Wildman–Crippen LogP) is 2.70. The predicted molar refractivity (Wildman–Crippen MR) is 85.4 cm³/mol. The first-order valence-electron chi connectivity index (χ1n) is 7.54. The highest BCUT2D eigenvalue weighted by molar-refractivity contribution is 7.91. The van der Waals surface area contributed by atoms with Crippen molar-refractivity contribution in [1.82, 2.24) is 5.32 Å². The Morgan fingerprint density at radius 1 is 1.29 bits per heavy atom. The van der Waals surface area contributed by atoms with Gasteiger partial charge in [0.25, 0.3) is 0 Å². The Balaban J connectivity index is 2.11. The van der Waals surface area contributed by atoms with Crippen molar-refractivity contribution in [1.29, 1.82) is 0 Å². The van der Waals surface area contributed by atoms with Crippen LogP contribution in [0.2, 0.25) is 0 Å². The van der Waals surface area contributed by atoms with Crippen LogP contribution in [-0.4, -0.2) is 33.1 Å². The molecule has 118 valence electrons. The molecule has 1 aliphatic rings. The SMILES string of the molecule is CCC(NC1CCCC1S(C)(=O)=O)c1ccc(OC)cc1. The fourth-order valence-electron chi connectivity index (χ4n) is 3.17. The number of benzene rings is 1. The Hall–Kier alpha value is -1.07. The van der Waals surface area contributed by atoms with Gasteiger partial charge < -0.3 is 10.1 Å². The molecule has 0 amide bonds. The molecule has 1 saturated carbocycles. The highest BCUT2D eigenvalue weighted by Crippen LogP contribution is 2.29. The molecule has 0 aliphatic heterocycles. The minimum atomic E-state index is -2.98. The Morgan fingerprint density at radius 3 is 2.48 bits per heavy atom. The van der Waals surface area contributed by atoms with Crippen LogP contribution in [-0.2, 0) is 9.84 Å². The lowest BCUT2D eigenvalue weighted by molar-refractivity contribution is 0.412. The van der Waals surface area contributed by atoms with Crippen LogP contribution >= 0.6 is 0 Å². The monoisotopic (exact) mass is 311 g/mol. The highest BCUT2D eigenvalue weighted by Gasteiger charge is 2.35. The third kappa shape index (κ3) is 3.98. The third-order valence-electron chi connectivity index (χ3n) is 4.34. The van der Waals surface area contributed by atoms with Crippen LogP contribution in [0.1, 0.15) is 44.2 Å². The number of ether oxygens (including phenoxy) is 1. The zero-order chi connectivity index (χ0) is 15.5. The van der Waals surface area contributed by atoms with Crippen molar-refractivity contribution in [3.05, 3.63) is 29.8 Å². The smallest absolute Gasteiger partial charge is 0.151 e. The van der Waals surface area contributed by atoms with Gasteiger partial charge in [0.1, 0.15) is 5.75 Å². The van der Waals surface area contributed by atoms with Crippen LogP contribution in [0.5, 0.6) is 5.75 Å². The van der Waals surface area contributed by atoms with Gasteiger partial charge in [0.05, 0.1) is 12.4 Å². The van der Waals surface area contributed by atoms with Crippen molar-refractivity contribution in [2.75, 3.05) is 13.4 Å². The number of nitrogens with one attached hydrogen (secondary N) is 1. The summed E-state index contributed by atoms with van der Waals surface area (Å²) in [5, 5.41) is 3.31. The second-order valence-electron chi connectivity index (χ2n) is 5.81. The van der Waals surface area contributed by atoms with Crippen molar-refractivity contribution in [2.45, 2.75) is 49.9 Å². The molecule has 0 radical (unpaired) electrons. The molecule has 0 saturated heterocycles. The largest absolute Gasteiger partial charge is 0.497 e. The lowest BCUT2D eigenvalue weighted by atomic mass is 10.0. The third-order valence-corrected chi connectivity index (χ3v) is 6.01. The van der Waals surface area contributed by atoms with Crippen LogP contribution in [0.15, 0.2) is 24.3 Å². The van der Waals surface area contributed by atoms with Gasteiger partial charge in [-0.1, -0.05) is 25.5 Å². The van der Waals surface area contributed by atoms with Crippen LogP contribution in [0.25, 0.3) is 0 Å². The quantitative estimate of drug-likeness (QED) is 0.877. The summed E-state index contributed by atoms with van der Waals surface area (Å²) in [5.74, 6) is 0.837. The summed E-state index contributed by atoms with van der Waals surface area (Å²) < 4.78 is 28.9. The van der Waals surface area contributed by atoms with E-state index in [4.69, 9.17) is 4.74 Å². The Morgan fingerprint density at radius 2 is 1.95 bits per heavy atom. The molecule has 0 aromatic heterocycles. The number of hydrogen-bond donors (Lipinski definition) is 1. The average Bonchev–Trinajstić information content (AvgIpc) is 2.93. The normalized spacial score (nSPS) is 24.0. The van der Waals surface area contributed by atoms with Crippen LogP contribution in [0.4, 0.5) is 0 Å². The fourth-order valence-corrected chi connectivity index (χ4v) is 4.58. The van der Waals surface area contributed by atoms with Crippen molar-refractivity contribution in [3.8, 4) is 5.75 Å². The van der Waals surface area contributed by atoms with Crippen molar-refractivity contribution < 1.29 is 13.2 Å². The molecule has 1 aliphatic carbocycles. The maximum absolute atomic E-state index is 11.9. The molecule has 2 rings (SSSR count). The van der Waals surface area contributed by atoms with Crippen LogP contribution < -0.4 is 10.1 Å². The summed E-state index contributed by atoms with van der Waals surface area (Å²) in [4.78, 5) is 0. The molecular formula is C16H25NO3S. The van der Waals surface area contributed by atoms with Gasteiger partial charge in [-0.05, 0) is 37.0 Å². The topological polar surface area (TPSA) is 55.4 Å². The van der Waals surface area contributed by atoms with E-state index in [1.54, 1.807) is 7.11 Å².